The van der Waals surface area contributed by atoms with E-state index in [1.54, 1.807) is 6.33 Å². The molecule has 4 nitrogen and oxygen atoms in total. The molecule has 0 saturated carbocycles. The summed E-state index contributed by atoms with van der Waals surface area (Å²) in [7, 11) is 0. The molecule has 1 aliphatic heterocycles. The predicted molar refractivity (Wildman–Crippen MR) is 47.8 cm³/mol. The summed E-state index contributed by atoms with van der Waals surface area (Å²) in [5.74, 6) is -0.0256. The van der Waals surface area contributed by atoms with Crippen LogP contribution in [0.4, 0.5) is 0 Å². The maximum absolute atomic E-state index is 8.82. The molecular formula is C9H12N4. The molecule has 0 amide bonds. The van der Waals surface area contributed by atoms with Crippen LogP contribution in [0.15, 0.2) is 6.33 Å². The highest BCUT2D eigenvalue weighted by Crippen LogP contribution is 2.25. The van der Waals surface area contributed by atoms with Crippen LogP contribution in [-0.4, -0.2) is 16.5 Å². The number of nitrogens with one attached hydrogen (secondary N) is 2. The van der Waals surface area contributed by atoms with Gasteiger partial charge in [-0.1, -0.05) is 0 Å². The lowest BCUT2D eigenvalue weighted by Crippen LogP contribution is -2.33. The van der Waals surface area contributed by atoms with Crippen molar-refractivity contribution >= 4 is 0 Å². The minimum atomic E-state index is -0.0256. The highest BCUT2D eigenvalue weighted by atomic mass is 15.0. The van der Waals surface area contributed by atoms with Crippen molar-refractivity contribution in [3.8, 4) is 6.07 Å². The highest BCUT2D eigenvalue weighted by Gasteiger charge is 2.26. The first-order valence-corrected chi connectivity index (χ1v) is 4.48. The van der Waals surface area contributed by atoms with E-state index in [4.69, 9.17) is 5.26 Å². The first-order valence-electron chi connectivity index (χ1n) is 4.48. The van der Waals surface area contributed by atoms with Crippen molar-refractivity contribution in [1.82, 2.24) is 15.3 Å². The summed E-state index contributed by atoms with van der Waals surface area (Å²) in [6.07, 6.45) is 2.68. The normalized spacial score (nSPS) is 23.2. The fourth-order valence-corrected chi connectivity index (χ4v) is 1.74. The van der Waals surface area contributed by atoms with Gasteiger partial charge in [-0.3, -0.25) is 0 Å². The summed E-state index contributed by atoms with van der Waals surface area (Å²) in [6, 6.07) is 2.35. The number of H-pyrrole nitrogens is 1. The maximum atomic E-state index is 8.82. The number of rotatable bonds is 1. The van der Waals surface area contributed by atoms with E-state index in [9.17, 15) is 0 Å². The number of nitrogens with zero attached hydrogens (tertiary/aromatic N) is 2. The molecule has 0 saturated heterocycles. The Morgan fingerprint density at radius 2 is 2.62 bits per heavy atom. The summed E-state index contributed by atoms with van der Waals surface area (Å²) in [4.78, 5) is 7.34. The Morgan fingerprint density at radius 1 is 1.77 bits per heavy atom. The van der Waals surface area contributed by atoms with Crippen molar-refractivity contribution in [1.29, 1.82) is 5.26 Å². The second-order valence-electron chi connectivity index (χ2n) is 3.37. The van der Waals surface area contributed by atoms with E-state index in [1.807, 2.05) is 6.92 Å². The number of nitriles is 1. The Balaban J connectivity index is 2.31. The average Bonchev–Trinajstić information content (AvgIpc) is 2.63. The zero-order chi connectivity index (χ0) is 9.26. The Labute approximate surface area is 77.0 Å². The zero-order valence-corrected chi connectivity index (χ0v) is 7.54. The second kappa shape index (κ2) is 3.19. The molecule has 0 aromatic carbocycles. The molecule has 0 fully saturated rings. The van der Waals surface area contributed by atoms with Gasteiger partial charge in [0.1, 0.15) is 0 Å². The molecule has 4 heteroatoms. The van der Waals surface area contributed by atoms with Gasteiger partial charge in [0.15, 0.2) is 0 Å². The number of fused-ring (bicyclic) bond motifs is 1. The van der Waals surface area contributed by atoms with Crippen molar-refractivity contribution in [2.75, 3.05) is 6.54 Å². The summed E-state index contributed by atoms with van der Waals surface area (Å²) in [6.45, 7) is 2.84. The van der Waals surface area contributed by atoms with Crippen molar-refractivity contribution in [3.63, 3.8) is 0 Å². The van der Waals surface area contributed by atoms with Crippen molar-refractivity contribution < 1.29 is 0 Å². The van der Waals surface area contributed by atoms with Crippen LogP contribution in [0.2, 0.25) is 0 Å². The third kappa shape index (κ3) is 1.31. The summed E-state index contributed by atoms with van der Waals surface area (Å²) >= 11 is 0. The number of aromatic nitrogens is 2. The molecule has 13 heavy (non-hydrogen) atoms. The molecule has 1 aromatic heterocycles. The molecule has 1 aliphatic rings. The Morgan fingerprint density at radius 3 is 3.38 bits per heavy atom. The minimum Gasteiger partial charge on any atom is -0.348 e. The van der Waals surface area contributed by atoms with E-state index >= 15 is 0 Å². The standard InChI is InChI=1S/C9H12N4/c1-6(4-10)8-9-7(2-3-11-8)12-5-13-9/h5-6,8,11H,2-3H2,1H3,(H,12,13). The number of aromatic amines is 1. The van der Waals surface area contributed by atoms with E-state index in [0.29, 0.717) is 0 Å². The Hall–Kier alpha value is -1.34. The molecule has 0 aliphatic carbocycles. The summed E-state index contributed by atoms with van der Waals surface area (Å²) in [5.41, 5.74) is 2.19. The monoisotopic (exact) mass is 176 g/mol. The number of hydrogen-bond donors (Lipinski definition) is 2. The number of imidazole rings is 1. The van der Waals surface area contributed by atoms with E-state index < -0.39 is 0 Å². The maximum Gasteiger partial charge on any atom is 0.0925 e. The molecule has 2 atom stereocenters. The van der Waals surface area contributed by atoms with Crippen molar-refractivity contribution in [2.45, 2.75) is 19.4 Å². The van der Waals surface area contributed by atoms with E-state index in [1.165, 1.54) is 5.69 Å². The van der Waals surface area contributed by atoms with Crippen LogP contribution in [0, 0.1) is 17.2 Å². The van der Waals surface area contributed by atoms with Gasteiger partial charge in [0.05, 0.1) is 30.1 Å². The first-order chi connectivity index (χ1) is 6.33. The van der Waals surface area contributed by atoms with Crippen LogP contribution in [0.3, 0.4) is 0 Å². The van der Waals surface area contributed by atoms with Gasteiger partial charge in [-0.05, 0) is 6.92 Å². The Kier molecular flexibility index (Phi) is 2.03. The molecule has 2 N–H and O–H groups in total. The molecule has 2 heterocycles. The smallest absolute Gasteiger partial charge is 0.0925 e. The van der Waals surface area contributed by atoms with Gasteiger partial charge in [-0.15, -0.1) is 0 Å². The first kappa shape index (κ1) is 8.27. The predicted octanol–water partition coefficient (Wildman–Crippen LogP) is 0.756. The van der Waals surface area contributed by atoms with Crippen LogP contribution >= 0.6 is 0 Å². The van der Waals surface area contributed by atoms with Gasteiger partial charge in [-0.25, -0.2) is 4.98 Å². The number of hydrogen-bond acceptors (Lipinski definition) is 3. The van der Waals surface area contributed by atoms with E-state index in [2.05, 4.69) is 21.4 Å². The third-order valence-corrected chi connectivity index (χ3v) is 2.49. The lowest BCUT2D eigenvalue weighted by molar-refractivity contribution is 0.421. The van der Waals surface area contributed by atoms with Gasteiger partial charge in [0.2, 0.25) is 0 Å². The summed E-state index contributed by atoms with van der Waals surface area (Å²) in [5, 5.41) is 12.1. The molecule has 0 radical (unpaired) electrons. The van der Waals surface area contributed by atoms with Gasteiger partial charge < -0.3 is 10.3 Å². The third-order valence-electron chi connectivity index (χ3n) is 2.49. The van der Waals surface area contributed by atoms with Gasteiger partial charge in [-0.2, -0.15) is 5.26 Å². The molecule has 0 bridgehead atoms. The van der Waals surface area contributed by atoms with Crippen molar-refractivity contribution in [3.05, 3.63) is 17.7 Å². The minimum absolute atomic E-state index is 0.0256. The molecule has 1 aromatic rings. The molecule has 2 unspecified atom stereocenters. The van der Waals surface area contributed by atoms with E-state index in [-0.39, 0.29) is 12.0 Å². The van der Waals surface area contributed by atoms with Crippen LogP contribution in [0.1, 0.15) is 24.4 Å². The quantitative estimate of drug-likeness (QED) is 0.663. The van der Waals surface area contributed by atoms with Gasteiger partial charge >= 0.3 is 0 Å². The fourth-order valence-electron chi connectivity index (χ4n) is 1.74. The fraction of sp³-hybridized carbons (Fsp3) is 0.556. The van der Waals surface area contributed by atoms with Gasteiger partial charge in [0, 0.05) is 18.7 Å². The summed E-state index contributed by atoms with van der Waals surface area (Å²) < 4.78 is 0. The van der Waals surface area contributed by atoms with E-state index in [0.717, 1.165) is 18.7 Å². The van der Waals surface area contributed by atoms with Crippen LogP contribution in [0.25, 0.3) is 0 Å². The van der Waals surface area contributed by atoms with Crippen LogP contribution < -0.4 is 5.32 Å². The lowest BCUT2D eigenvalue weighted by Gasteiger charge is -2.24. The largest absolute Gasteiger partial charge is 0.348 e. The SMILES string of the molecule is CC(C#N)C1NCCc2[nH]cnc21. The molecule has 2 rings (SSSR count). The lowest BCUT2D eigenvalue weighted by atomic mass is 9.95. The highest BCUT2D eigenvalue weighted by molar-refractivity contribution is 5.21. The second-order valence-corrected chi connectivity index (χ2v) is 3.37. The molecule has 68 valence electrons. The van der Waals surface area contributed by atoms with Crippen molar-refractivity contribution in [2.24, 2.45) is 5.92 Å². The van der Waals surface area contributed by atoms with Crippen LogP contribution in [0.5, 0.6) is 0 Å². The molecule has 0 spiro atoms. The molecular weight excluding hydrogens is 164 g/mol. The average molecular weight is 176 g/mol. The zero-order valence-electron chi connectivity index (χ0n) is 7.54. The van der Waals surface area contributed by atoms with Crippen LogP contribution in [-0.2, 0) is 6.42 Å². The Bertz CT molecular complexity index is 336. The topological polar surface area (TPSA) is 64.5 Å². The van der Waals surface area contributed by atoms with Gasteiger partial charge in [0.25, 0.3) is 0 Å².